The lowest BCUT2D eigenvalue weighted by molar-refractivity contribution is 0.0790. The number of aromatic nitrogens is 1. The predicted octanol–water partition coefficient (Wildman–Crippen LogP) is 3.92. The molecule has 0 N–H and O–H groups in total. The number of amides is 1. The quantitative estimate of drug-likeness (QED) is 0.659. The van der Waals surface area contributed by atoms with Crippen LogP contribution in [0.2, 0.25) is 0 Å². The molecule has 6 heteroatoms. The molecule has 1 amide bonds. The van der Waals surface area contributed by atoms with Gasteiger partial charge in [-0.15, -0.1) is 11.3 Å². The number of anilines is 1. The molecule has 144 valence electrons. The van der Waals surface area contributed by atoms with Gasteiger partial charge in [0.25, 0.3) is 5.91 Å². The normalized spacial score (nSPS) is 14.1. The number of benzene rings is 1. The van der Waals surface area contributed by atoms with Crippen LogP contribution < -0.4 is 4.90 Å². The average Bonchev–Trinajstić information content (AvgIpc) is 3.20. The third kappa shape index (κ3) is 4.08. The number of carbonyl (C=O) groups excluding carboxylic acids is 1. The minimum atomic E-state index is 0.0403. The largest absolute Gasteiger partial charge is 0.378 e. The summed E-state index contributed by atoms with van der Waals surface area (Å²) in [5.41, 5.74) is 3.22. The molecular formula is C22H23N3O2S. The predicted molar refractivity (Wildman–Crippen MR) is 113 cm³/mol. The van der Waals surface area contributed by atoms with Crippen LogP contribution in [0, 0.1) is 0 Å². The Balaban J connectivity index is 1.63. The van der Waals surface area contributed by atoms with Gasteiger partial charge in [-0.3, -0.25) is 9.78 Å². The Morgan fingerprint density at radius 3 is 2.68 bits per heavy atom. The van der Waals surface area contributed by atoms with Gasteiger partial charge < -0.3 is 14.5 Å². The molecule has 0 radical (unpaired) electrons. The Kier molecular flexibility index (Phi) is 5.69. The fourth-order valence-corrected chi connectivity index (χ4v) is 4.56. The van der Waals surface area contributed by atoms with E-state index in [0.29, 0.717) is 19.8 Å². The maximum atomic E-state index is 13.1. The van der Waals surface area contributed by atoms with Crippen LogP contribution in [0.5, 0.6) is 0 Å². The van der Waals surface area contributed by atoms with Crippen molar-refractivity contribution >= 4 is 22.2 Å². The highest BCUT2D eigenvalue weighted by Gasteiger charge is 2.23. The Bertz CT molecular complexity index is 921. The Hall–Kier alpha value is -2.70. The van der Waals surface area contributed by atoms with Gasteiger partial charge in [0.15, 0.2) is 0 Å². The van der Waals surface area contributed by atoms with E-state index in [0.717, 1.165) is 39.7 Å². The summed E-state index contributed by atoms with van der Waals surface area (Å²) in [7, 11) is 1.85. The minimum absolute atomic E-state index is 0.0403. The molecule has 1 aliphatic rings. The van der Waals surface area contributed by atoms with Gasteiger partial charge in [-0.1, -0.05) is 36.4 Å². The maximum absolute atomic E-state index is 13.1. The van der Waals surface area contributed by atoms with Crippen LogP contribution in [-0.2, 0) is 11.3 Å². The van der Waals surface area contributed by atoms with Crippen molar-refractivity contribution in [1.82, 2.24) is 9.88 Å². The highest BCUT2D eigenvalue weighted by molar-refractivity contribution is 7.18. The summed E-state index contributed by atoms with van der Waals surface area (Å²) in [6, 6.07) is 16.0. The van der Waals surface area contributed by atoms with Gasteiger partial charge in [0.05, 0.1) is 23.1 Å². The molecule has 0 bridgehead atoms. The van der Waals surface area contributed by atoms with Crippen LogP contribution in [0.25, 0.3) is 11.1 Å². The number of rotatable bonds is 5. The molecule has 5 nitrogen and oxygen atoms in total. The van der Waals surface area contributed by atoms with Gasteiger partial charge in [0, 0.05) is 50.2 Å². The SMILES string of the molecule is CN(Cc1ccccc1)C(=O)c1cc(-c2cccnc2)c(N2CCOCC2)s1. The summed E-state index contributed by atoms with van der Waals surface area (Å²) in [6.07, 6.45) is 3.62. The maximum Gasteiger partial charge on any atom is 0.264 e. The number of ether oxygens (including phenoxy) is 1. The highest BCUT2D eigenvalue weighted by atomic mass is 32.1. The van der Waals surface area contributed by atoms with Crippen molar-refractivity contribution in [3.63, 3.8) is 0 Å². The number of hydrogen-bond donors (Lipinski definition) is 0. The summed E-state index contributed by atoms with van der Waals surface area (Å²) < 4.78 is 5.50. The van der Waals surface area contributed by atoms with Gasteiger partial charge >= 0.3 is 0 Å². The van der Waals surface area contributed by atoms with E-state index in [1.54, 1.807) is 22.4 Å². The summed E-state index contributed by atoms with van der Waals surface area (Å²) in [5.74, 6) is 0.0403. The molecule has 28 heavy (non-hydrogen) atoms. The molecule has 4 rings (SSSR count). The first kappa shape index (κ1) is 18.7. The van der Waals surface area contributed by atoms with Gasteiger partial charge in [0.1, 0.15) is 0 Å². The van der Waals surface area contributed by atoms with Crippen molar-refractivity contribution in [2.45, 2.75) is 6.54 Å². The lowest BCUT2D eigenvalue weighted by Crippen LogP contribution is -2.35. The number of carbonyl (C=O) groups is 1. The van der Waals surface area contributed by atoms with Crippen LogP contribution >= 0.6 is 11.3 Å². The van der Waals surface area contributed by atoms with E-state index in [2.05, 4.69) is 9.88 Å². The van der Waals surface area contributed by atoms with Crippen LogP contribution in [0.1, 0.15) is 15.2 Å². The topological polar surface area (TPSA) is 45.7 Å². The number of morpholine rings is 1. The fraction of sp³-hybridized carbons (Fsp3) is 0.273. The highest BCUT2D eigenvalue weighted by Crippen LogP contribution is 2.39. The van der Waals surface area contributed by atoms with Gasteiger partial charge in [0.2, 0.25) is 0 Å². The monoisotopic (exact) mass is 393 g/mol. The summed E-state index contributed by atoms with van der Waals surface area (Å²) in [4.78, 5) is 22.2. The number of hydrogen-bond acceptors (Lipinski definition) is 5. The fourth-order valence-electron chi connectivity index (χ4n) is 3.33. The summed E-state index contributed by atoms with van der Waals surface area (Å²) >= 11 is 1.56. The van der Waals surface area contributed by atoms with E-state index in [4.69, 9.17) is 4.74 Å². The van der Waals surface area contributed by atoms with E-state index in [-0.39, 0.29) is 5.91 Å². The molecule has 2 aromatic heterocycles. The van der Waals surface area contributed by atoms with Crippen LogP contribution in [0.15, 0.2) is 60.9 Å². The van der Waals surface area contributed by atoms with E-state index in [9.17, 15) is 4.79 Å². The molecule has 1 saturated heterocycles. The molecule has 3 aromatic rings. The van der Waals surface area contributed by atoms with Gasteiger partial charge in [-0.25, -0.2) is 0 Å². The van der Waals surface area contributed by atoms with Crippen molar-refractivity contribution in [3.8, 4) is 11.1 Å². The van der Waals surface area contributed by atoms with E-state index >= 15 is 0 Å². The van der Waals surface area contributed by atoms with E-state index in [1.165, 1.54) is 0 Å². The molecule has 0 spiro atoms. The molecule has 0 unspecified atom stereocenters. The van der Waals surface area contributed by atoms with Crippen LogP contribution in [-0.4, -0.2) is 49.1 Å². The molecule has 0 saturated carbocycles. The second-order valence-electron chi connectivity index (χ2n) is 6.82. The number of thiophene rings is 1. The zero-order chi connectivity index (χ0) is 19.3. The first-order chi connectivity index (χ1) is 13.7. The van der Waals surface area contributed by atoms with Crippen molar-refractivity contribution < 1.29 is 9.53 Å². The molecule has 1 aromatic carbocycles. The molecule has 1 aliphatic heterocycles. The van der Waals surface area contributed by atoms with Gasteiger partial charge in [-0.05, 0) is 17.7 Å². The first-order valence-electron chi connectivity index (χ1n) is 9.38. The van der Waals surface area contributed by atoms with Crippen LogP contribution in [0.4, 0.5) is 5.00 Å². The van der Waals surface area contributed by atoms with Crippen molar-refractivity contribution in [2.24, 2.45) is 0 Å². The van der Waals surface area contributed by atoms with Crippen molar-refractivity contribution in [3.05, 3.63) is 71.4 Å². The summed E-state index contributed by atoms with van der Waals surface area (Å²) in [6.45, 7) is 3.68. The summed E-state index contributed by atoms with van der Waals surface area (Å²) in [5, 5.41) is 1.12. The second-order valence-corrected chi connectivity index (χ2v) is 7.85. The van der Waals surface area contributed by atoms with Crippen molar-refractivity contribution in [1.29, 1.82) is 0 Å². The molecule has 0 aliphatic carbocycles. The van der Waals surface area contributed by atoms with Crippen molar-refractivity contribution in [2.75, 3.05) is 38.3 Å². The Labute approximate surface area is 169 Å². The van der Waals surface area contributed by atoms with Gasteiger partial charge in [-0.2, -0.15) is 0 Å². The number of pyridine rings is 1. The lowest BCUT2D eigenvalue weighted by Gasteiger charge is -2.28. The minimum Gasteiger partial charge on any atom is -0.378 e. The van der Waals surface area contributed by atoms with E-state index < -0.39 is 0 Å². The zero-order valence-corrected chi connectivity index (χ0v) is 16.7. The number of nitrogens with zero attached hydrogens (tertiary/aromatic N) is 3. The third-order valence-electron chi connectivity index (χ3n) is 4.80. The molecule has 1 fully saturated rings. The van der Waals surface area contributed by atoms with Crippen LogP contribution in [0.3, 0.4) is 0 Å². The average molecular weight is 394 g/mol. The molecule has 3 heterocycles. The third-order valence-corrected chi connectivity index (χ3v) is 5.99. The molecule has 0 atom stereocenters. The Morgan fingerprint density at radius 1 is 1.18 bits per heavy atom. The van der Waals surface area contributed by atoms with E-state index in [1.807, 2.05) is 61.8 Å². The second kappa shape index (κ2) is 8.54. The molecular weight excluding hydrogens is 370 g/mol. The standard InChI is InChI=1S/C22H23N3O2S/c1-24(16-17-6-3-2-4-7-17)21(26)20-14-19(18-8-5-9-23-15-18)22(28-20)25-10-12-27-13-11-25/h2-9,14-15H,10-13,16H2,1H3. The zero-order valence-electron chi connectivity index (χ0n) is 15.9. The smallest absolute Gasteiger partial charge is 0.264 e. The lowest BCUT2D eigenvalue weighted by atomic mass is 10.1. The Morgan fingerprint density at radius 2 is 1.96 bits per heavy atom. The first-order valence-corrected chi connectivity index (χ1v) is 10.2.